The van der Waals surface area contributed by atoms with Crippen LogP contribution in [0.15, 0.2) is 91.0 Å². The molecule has 6 rings (SSSR count). The molecule has 4 aromatic carbocycles. The smallest absolute Gasteiger partial charge is 0.416 e. The highest BCUT2D eigenvalue weighted by atomic mass is 19.4. The maximum atomic E-state index is 12.8. The van der Waals surface area contributed by atoms with Gasteiger partial charge in [0, 0.05) is 17.7 Å². The summed E-state index contributed by atoms with van der Waals surface area (Å²) in [6, 6.07) is 23.7. The Balaban J connectivity index is 0.000000206. The lowest BCUT2D eigenvalue weighted by Gasteiger charge is -2.16. The maximum Gasteiger partial charge on any atom is 0.416 e. The van der Waals surface area contributed by atoms with Crippen molar-refractivity contribution in [3.63, 3.8) is 0 Å². The largest absolute Gasteiger partial charge is 0.489 e. The minimum Gasteiger partial charge on any atom is -0.489 e. The molecular weight excluding hydrogens is 643 g/mol. The molecule has 0 saturated heterocycles. The maximum absolute atomic E-state index is 12.8. The molecule has 0 amide bonds. The third-order valence-corrected chi connectivity index (χ3v) is 7.69. The topological polar surface area (TPSA) is 101 Å². The number of benzene rings is 4. The molecule has 1 N–H and O–H groups in total. The Kier molecular flexibility index (Phi) is 9.78. The van der Waals surface area contributed by atoms with Crippen LogP contribution in [0.3, 0.4) is 0 Å². The fourth-order valence-electron chi connectivity index (χ4n) is 5.28. The first-order valence-electron chi connectivity index (χ1n) is 14.5. The summed E-state index contributed by atoms with van der Waals surface area (Å²) in [6.45, 7) is 0.506. The van der Waals surface area contributed by atoms with E-state index in [1.165, 1.54) is 19.1 Å². The van der Waals surface area contributed by atoms with Gasteiger partial charge >= 0.3 is 18.8 Å². The van der Waals surface area contributed by atoms with Gasteiger partial charge in [-0.15, -0.1) is 0 Å². The molecule has 1 aliphatic carbocycles. The average molecular weight is 673 g/mol. The Hall–Kier alpha value is -5.33. The number of carboxylic acid groups (broad SMARTS) is 1. The quantitative estimate of drug-likeness (QED) is 0.160. The van der Waals surface area contributed by atoms with Gasteiger partial charge in [0.15, 0.2) is 17.3 Å². The molecule has 0 spiro atoms. The summed E-state index contributed by atoms with van der Waals surface area (Å²) in [5.74, 6) is -0.894. The molecule has 4 aromatic rings. The van der Waals surface area contributed by atoms with E-state index in [-0.39, 0.29) is 23.9 Å². The van der Waals surface area contributed by atoms with Gasteiger partial charge < -0.3 is 28.8 Å². The normalized spacial score (nSPS) is 18.8. The third kappa shape index (κ3) is 7.79. The zero-order valence-corrected chi connectivity index (χ0v) is 25.5. The number of alkyl halides is 5. The lowest BCUT2D eigenvalue weighted by Crippen LogP contribution is -2.11. The first-order chi connectivity index (χ1) is 22.8. The van der Waals surface area contributed by atoms with Crippen LogP contribution < -0.4 is 23.7 Å². The van der Waals surface area contributed by atoms with Gasteiger partial charge in [0.1, 0.15) is 48.2 Å². The van der Waals surface area contributed by atoms with Crippen LogP contribution in [0.2, 0.25) is 0 Å². The van der Waals surface area contributed by atoms with Crippen LogP contribution in [-0.4, -0.2) is 36.2 Å². The van der Waals surface area contributed by atoms with Crippen LogP contribution in [0.1, 0.15) is 30.5 Å². The van der Waals surface area contributed by atoms with Gasteiger partial charge in [-0.05, 0) is 48.9 Å². The molecule has 1 heterocycles. The number of carboxylic acids is 1. The number of carbonyl (C=O) groups is 2. The number of hydrogen-bond donors (Lipinski definition) is 1. The molecule has 13 heteroatoms. The van der Waals surface area contributed by atoms with E-state index in [1.54, 1.807) is 25.1 Å². The van der Waals surface area contributed by atoms with Gasteiger partial charge in [-0.3, -0.25) is 9.59 Å². The van der Waals surface area contributed by atoms with E-state index in [9.17, 15) is 36.6 Å². The molecular formula is C35H29F5O8. The van der Waals surface area contributed by atoms with Crippen molar-refractivity contribution in [3.8, 4) is 34.5 Å². The molecule has 1 aliphatic heterocycles. The van der Waals surface area contributed by atoms with Crippen molar-refractivity contribution in [1.82, 2.24) is 0 Å². The molecule has 252 valence electrons. The predicted molar refractivity (Wildman–Crippen MR) is 161 cm³/mol. The molecule has 3 atom stereocenters. The van der Waals surface area contributed by atoms with Crippen LogP contribution in [0.4, 0.5) is 22.0 Å². The second-order valence-electron chi connectivity index (χ2n) is 11.2. The van der Waals surface area contributed by atoms with Crippen LogP contribution >= 0.6 is 0 Å². The monoisotopic (exact) mass is 672 g/mol. The van der Waals surface area contributed by atoms with Gasteiger partial charge in [-0.1, -0.05) is 49.4 Å². The molecule has 1 unspecified atom stereocenters. The molecule has 0 bridgehead atoms. The van der Waals surface area contributed by atoms with Gasteiger partial charge in [0.05, 0.1) is 11.0 Å². The van der Waals surface area contributed by atoms with Crippen molar-refractivity contribution in [2.24, 2.45) is 5.92 Å². The molecule has 2 aliphatic rings. The average Bonchev–Trinajstić information content (AvgIpc) is 3.53. The number of Topliss-reactive ketones (excluding diaryl/α,β-unsaturated/α-hetero) is 1. The number of aliphatic carboxylic acids is 1. The van der Waals surface area contributed by atoms with Gasteiger partial charge in [0.2, 0.25) is 0 Å². The molecule has 1 saturated carbocycles. The first-order valence-corrected chi connectivity index (χ1v) is 14.5. The van der Waals surface area contributed by atoms with Gasteiger partial charge in [-0.25, -0.2) is 0 Å². The number of fused-ring (bicyclic) bond motifs is 3. The zero-order chi connectivity index (χ0) is 34.6. The van der Waals surface area contributed by atoms with E-state index in [4.69, 9.17) is 18.9 Å². The number of halogens is 5. The summed E-state index contributed by atoms with van der Waals surface area (Å²) in [5, 5.41) is 9.22. The van der Waals surface area contributed by atoms with E-state index < -0.39 is 47.5 Å². The second-order valence-corrected chi connectivity index (χ2v) is 11.2. The molecule has 8 nitrogen and oxygen atoms in total. The summed E-state index contributed by atoms with van der Waals surface area (Å²) < 4.78 is 90.0. The van der Waals surface area contributed by atoms with E-state index in [2.05, 4.69) is 4.74 Å². The van der Waals surface area contributed by atoms with Crippen LogP contribution in [-0.2, 0) is 27.8 Å². The van der Waals surface area contributed by atoms with Crippen molar-refractivity contribution >= 4 is 11.8 Å². The van der Waals surface area contributed by atoms with Crippen LogP contribution in [0.25, 0.3) is 0 Å². The first kappa shape index (κ1) is 34.0. The highest BCUT2D eigenvalue weighted by molar-refractivity contribution is 5.81. The van der Waals surface area contributed by atoms with Crippen LogP contribution in [0.5, 0.6) is 34.5 Å². The standard InChI is InChI=1S/C19H13F5O5.C16H16O3/c1-18-10-4-3-9(7-12(10)28-15(18)14(18)16(25)26)27-11-5-2-8(19(22,23)24)6-13(11)29-17(20)21;1-13(17)11-18-15-8-5-9-16(10-15)19-12-14-6-3-2-4-7-14/h2-7,14-15,17H,1H3,(H,25,26);2-10H,11-12H2,1H3/t14-,15?,18-;/m1./s1. The number of rotatable bonds is 11. The summed E-state index contributed by atoms with van der Waals surface area (Å²) >= 11 is 0. The summed E-state index contributed by atoms with van der Waals surface area (Å²) in [7, 11) is 0. The summed E-state index contributed by atoms with van der Waals surface area (Å²) in [6.07, 6.45) is -5.26. The van der Waals surface area contributed by atoms with E-state index in [0.29, 0.717) is 35.8 Å². The second kappa shape index (κ2) is 13.8. The number of ether oxygens (including phenoxy) is 5. The predicted octanol–water partition coefficient (Wildman–Crippen LogP) is 8.07. The lowest BCUT2D eigenvalue weighted by atomic mass is 9.95. The molecule has 0 aromatic heterocycles. The van der Waals surface area contributed by atoms with E-state index in [1.807, 2.05) is 42.5 Å². The fraction of sp³-hybridized carbons (Fsp3) is 0.257. The Labute approximate surface area is 271 Å². The van der Waals surface area contributed by atoms with Crippen molar-refractivity contribution in [3.05, 3.63) is 108 Å². The molecule has 0 radical (unpaired) electrons. The van der Waals surface area contributed by atoms with E-state index in [0.717, 1.165) is 17.4 Å². The van der Waals surface area contributed by atoms with E-state index >= 15 is 0 Å². The fourth-order valence-corrected chi connectivity index (χ4v) is 5.28. The summed E-state index contributed by atoms with van der Waals surface area (Å²) in [5.41, 5.74) is -0.0559. The van der Waals surface area contributed by atoms with Crippen molar-refractivity contribution in [2.45, 2.75) is 44.8 Å². The number of hydrogen-bond acceptors (Lipinski definition) is 7. The van der Waals surface area contributed by atoms with Crippen molar-refractivity contribution in [1.29, 1.82) is 0 Å². The minimum absolute atomic E-state index is 0.00407. The zero-order valence-electron chi connectivity index (χ0n) is 25.5. The van der Waals surface area contributed by atoms with Crippen molar-refractivity contribution in [2.75, 3.05) is 6.61 Å². The SMILES string of the molecule is CC(=O)COc1cccc(OCc2ccccc2)c1.C[C@]12c3ccc(Oc4ccc(C(F)(F)F)cc4OC(F)F)cc3OC1[C@@H]2C(=O)O. The number of carbonyl (C=O) groups excluding carboxylic acids is 1. The third-order valence-electron chi connectivity index (χ3n) is 7.69. The van der Waals surface area contributed by atoms with Gasteiger partial charge in [0.25, 0.3) is 0 Å². The minimum atomic E-state index is -4.74. The number of ketones is 1. The highest BCUT2D eigenvalue weighted by Gasteiger charge is 2.73. The molecule has 1 fully saturated rings. The molecule has 48 heavy (non-hydrogen) atoms. The Bertz CT molecular complexity index is 1780. The van der Waals surface area contributed by atoms with Gasteiger partial charge in [-0.2, -0.15) is 22.0 Å². The lowest BCUT2D eigenvalue weighted by molar-refractivity contribution is -0.140. The summed E-state index contributed by atoms with van der Waals surface area (Å²) in [4.78, 5) is 22.1. The Morgan fingerprint density at radius 3 is 2.23 bits per heavy atom. The Morgan fingerprint density at radius 1 is 0.875 bits per heavy atom. The van der Waals surface area contributed by atoms with Crippen molar-refractivity contribution < 1.29 is 60.3 Å². The Morgan fingerprint density at radius 2 is 1.58 bits per heavy atom. The van der Waals surface area contributed by atoms with Crippen LogP contribution in [0, 0.1) is 5.92 Å². The highest BCUT2D eigenvalue weighted by Crippen LogP contribution is 2.63.